The molecule has 0 saturated carbocycles. The summed E-state index contributed by atoms with van der Waals surface area (Å²) in [7, 11) is 0. The zero-order valence-electron chi connectivity index (χ0n) is 14.5. The Morgan fingerprint density at radius 1 is 1.19 bits per heavy atom. The van der Waals surface area contributed by atoms with Gasteiger partial charge in [0.15, 0.2) is 0 Å². The fraction of sp³-hybridized carbons (Fsp3) is 0.350. The topological polar surface area (TPSA) is 61.8 Å². The normalized spacial score (nSPS) is 16.2. The Morgan fingerprint density at radius 2 is 1.92 bits per heavy atom. The largest absolute Gasteiger partial charge is 0.388 e. The molecule has 2 N–H and O–H groups in total. The molecule has 3 rings (SSSR count). The molecule has 6 heteroatoms. The maximum atomic E-state index is 12.3. The molecule has 26 heavy (non-hydrogen) atoms. The molecule has 1 heterocycles. The predicted molar refractivity (Wildman–Crippen MR) is 105 cm³/mol. The Balaban J connectivity index is 1.53. The van der Waals surface area contributed by atoms with Gasteiger partial charge in [-0.2, -0.15) is 0 Å². The van der Waals surface area contributed by atoms with Crippen LogP contribution in [-0.2, 0) is 4.74 Å². The second-order valence-corrected chi connectivity index (χ2v) is 7.26. The lowest BCUT2D eigenvalue weighted by atomic mass is 10.1. The highest BCUT2D eigenvalue weighted by molar-refractivity contribution is 9.10. The molecule has 1 saturated heterocycles. The molecule has 0 bridgehead atoms. The van der Waals surface area contributed by atoms with Gasteiger partial charge in [-0.25, -0.2) is 0 Å². The van der Waals surface area contributed by atoms with E-state index >= 15 is 0 Å². The van der Waals surface area contributed by atoms with Crippen LogP contribution in [0.1, 0.15) is 28.4 Å². The van der Waals surface area contributed by atoms with Gasteiger partial charge >= 0.3 is 0 Å². The summed E-state index contributed by atoms with van der Waals surface area (Å²) in [4.78, 5) is 14.6. The summed E-state index contributed by atoms with van der Waals surface area (Å²) in [6.07, 6.45) is 0.177. The van der Waals surface area contributed by atoms with Crippen molar-refractivity contribution in [3.8, 4) is 0 Å². The first-order valence-electron chi connectivity index (χ1n) is 8.77. The van der Waals surface area contributed by atoms with Crippen molar-refractivity contribution in [2.45, 2.75) is 12.5 Å². The summed E-state index contributed by atoms with van der Waals surface area (Å²) in [6.45, 7) is 4.23. The smallest absolute Gasteiger partial charge is 0.255 e. The average molecular weight is 419 g/mol. The van der Waals surface area contributed by atoms with E-state index in [9.17, 15) is 9.90 Å². The Hall–Kier alpha value is -1.73. The molecule has 0 spiro atoms. The molecular formula is C20H23BrN2O3. The number of nitrogens with zero attached hydrogens (tertiary/aromatic N) is 1. The molecule has 1 unspecified atom stereocenters. The van der Waals surface area contributed by atoms with Gasteiger partial charge in [0.05, 0.1) is 19.3 Å². The van der Waals surface area contributed by atoms with Gasteiger partial charge in [0.2, 0.25) is 0 Å². The zero-order valence-corrected chi connectivity index (χ0v) is 16.1. The number of hydrogen-bond donors (Lipinski definition) is 2. The van der Waals surface area contributed by atoms with Gasteiger partial charge in [0.1, 0.15) is 0 Å². The Morgan fingerprint density at radius 3 is 2.62 bits per heavy atom. The van der Waals surface area contributed by atoms with Crippen LogP contribution in [0.2, 0.25) is 0 Å². The second-order valence-electron chi connectivity index (χ2n) is 6.34. The molecule has 0 aromatic heterocycles. The molecule has 1 aliphatic rings. The fourth-order valence-electron chi connectivity index (χ4n) is 2.92. The maximum absolute atomic E-state index is 12.3. The van der Waals surface area contributed by atoms with Crippen molar-refractivity contribution in [1.29, 1.82) is 0 Å². The first-order valence-corrected chi connectivity index (χ1v) is 9.56. The van der Waals surface area contributed by atoms with E-state index in [1.165, 1.54) is 0 Å². The number of benzene rings is 2. The Bertz CT molecular complexity index is 730. The molecule has 5 nitrogen and oxygen atoms in total. The van der Waals surface area contributed by atoms with E-state index in [0.29, 0.717) is 17.7 Å². The second kappa shape index (κ2) is 9.28. The number of ether oxygens (including phenoxy) is 1. The number of nitrogens with one attached hydrogen (secondary N) is 1. The first kappa shape index (κ1) is 19.0. The van der Waals surface area contributed by atoms with E-state index in [-0.39, 0.29) is 5.91 Å². The van der Waals surface area contributed by atoms with Crippen LogP contribution in [0.15, 0.2) is 53.0 Å². The number of rotatable bonds is 6. The van der Waals surface area contributed by atoms with Crippen LogP contribution >= 0.6 is 15.9 Å². The number of aliphatic hydroxyl groups is 1. The number of morpholine rings is 1. The number of hydrogen-bond acceptors (Lipinski definition) is 4. The van der Waals surface area contributed by atoms with Crippen LogP contribution in [-0.4, -0.2) is 48.8 Å². The summed E-state index contributed by atoms with van der Waals surface area (Å²) in [5.74, 6) is -0.160. The molecule has 2 aromatic rings. The van der Waals surface area contributed by atoms with Gasteiger partial charge in [-0.1, -0.05) is 34.1 Å². The number of amides is 1. The van der Waals surface area contributed by atoms with Crippen molar-refractivity contribution < 1.29 is 14.6 Å². The van der Waals surface area contributed by atoms with Gasteiger partial charge in [-0.05, 0) is 42.3 Å². The monoisotopic (exact) mass is 418 g/mol. The highest BCUT2D eigenvalue weighted by Crippen LogP contribution is 2.20. The third-order valence-electron chi connectivity index (χ3n) is 4.46. The molecule has 1 aliphatic heterocycles. The number of anilines is 1. The maximum Gasteiger partial charge on any atom is 0.255 e. The van der Waals surface area contributed by atoms with Crippen LogP contribution < -0.4 is 5.32 Å². The Kier molecular flexibility index (Phi) is 6.80. The van der Waals surface area contributed by atoms with Crippen LogP contribution in [0.25, 0.3) is 0 Å². The van der Waals surface area contributed by atoms with Gasteiger partial charge in [-0.3, -0.25) is 9.69 Å². The van der Waals surface area contributed by atoms with E-state index in [4.69, 9.17) is 4.74 Å². The quantitative estimate of drug-likeness (QED) is 0.753. The van der Waals surface area contributed by atoms with Crippen LogP contribution in [0.5, 0.6) is 0 Å². The lowest BCUT2D eigenvalue weighted by molar-refractivity contribution is 0.0300. The summed E-state index contributed by atoms with van der Waals surface area (Å²) in [5, 5.41) is 13.3. The molecule has 0 aliphatic carbocycles. The van der Waals surface area contributed by atoms with Crippen molar-refractivity contribution in [2.75, 3.05) is 38.2 Å². The first-order chi connectivity index (χ1) is 12.6. The lowest BCUT2D eigenvalue weighted by Gasteiger charge is -2.27. The molecule has 1 atom stereocenters. The van der Waals surface area contributed by atoms with Crippen molar-refractivity contribution in [3.05, 3.63) is 64.1 Å². The van der Waals surface area contributed by atoms with Crippen molar-refractivity contribution >= 4 is 27.5 Å². The highest BCUT2D eigenvalue weighted by atomic mass is 79.9. The SMILES string of the molecule is O=C(Nc1ccc(C(O)CCN2CCOCC2)cc1)c1cccc(Br)c1. The van der Waals surface area contributed by atoms with Crippen LogP contribution in [0, 0.1) is 0 Å². The third-order valence-corrected chi connectivity index (χ3v) is 4.96. The zero-order chi connectivity index (χ0) is 18.4. The summed E-state index contributed by atoms with van der Waals surface area (Å²) in [5.41, 5.74) is 2.16. The highest BCUT2D eigenvalue weighted by Gasteiger charge is 2.14. The molecule has 138 valence electrons. The van der Waals surface area contributed by atoms with Gasteiger partial charge < -0.3 is 15.2 Å². The van der Waals surface area contributed by atoms with Crippen molar-refractivity contribution in [1.82, 2.24) is 4.90 Å². The van der Waals surface area contributed by atoms with Gasteiger partial charge in [0.25, 0.3) is 5.91 Å². The summed E-state index contributed by atoms with van der Waals surface area (Å²) in [6, 6.07) is 14.6. The molecule has 0 radical (unpaired) electrons. The predicted octanol–water partition coefficient (Wildman–Crippen LogP) is 3.46. The number of aliphatic hydroxyl groups excluding tert-OH is 1. The number of carbonyl (C=O) groups is 1. The van der Waals surface area contributed by atoms with E-state index in [0.717, 1.165) is 42.9 Å². The van der Waals surface area contributed by atoms with Gasteiger partial charge in [0, 0.05) is 35.4 Å². The van der Waals surface area contributed by atoms with Crippen LogP contribution in [0.3, 0.4) is 0 Å². The fourth-order valence-corrected chi connectivity index (χ4v) is 3.32. The summed E-state index contributed by atoms with van der Waals surface area (Å²) < 4.78 is 6.20. The van der Waals surface area contributed by atoms with E-state index in [1.54, 1.807) is 12.1 Å². The van der Waals surface area contributed by atoms with Crippen LogP contribution in [0.4, 0.5) is 5.69 Å². The van der Waals surface area contributed by atoms with Gasteiger partial charge in [-0.15, -0.1) is 0 Å². The standard InChI is InChI=1S/C20H23BrN2O3/c21-17-3-1-2-16(14-17)20(25)22-18-6-4-15(5-7-18)19(24)8-9-23-10-12-26-13-11-23/h1-7,14,19,24H,8-13H2,(H,22,25). The number of halogens is 1. The van der Waals surface area contributed by atoms with E-state index in [1.807, 2.05) is 36.4 Å². The molecule has 1 amide bonds. The minimum Gasteiger partial charge on any atom is -0.388 e. The van der Waals surface area contributed by atoms with E-state index < -0.39 is 6.10 Å². The lowest BCUT2D eigenvalue weighted by Crippen LogP contribution is -2.37. The van der Waals surface area contributed by atoms with Crippen molar-refractivity contribution in [2.24, 2.45) is 0 Å². The van der Waals surface area contributed by atoms with E-state index in [2.05, 4.69) is 26.1 Å². The third kappa shape index (κ3) is 5.38. The average Bonchev–Trinajstić information content (AvgIpc) is 2.67. The Labute approximate surface area is 162 Å². The van der Waals surface area contributed by atoms with Crippen molar-refractivity contribution in [3.63, 3.8) is 0 Å². The molecule has 1 fully saturated rings. The summed E-state index contributed by atoms with van der Waals surface area (Å²) >= 11 is 3.37. The minimum absolute atomic E-state index is 0.160. The minimum atomic E-state index is -0.507. The molecular weight excluding hydrogens is 396 g/mol. The molecule has 2 aromatic carbocycles. The number of carbonyl (C=O) groups excluding carboxylic acids is 1.